The number of para-hydroxylation sites is 1. The van der Waals surface area contributed by atoms with E-state index in [1.807, 2.05) is 35.1 Å². The summed E-state index contributed by atoms with van der Waals surface area (Å²) >= 11 is 0. The molecule has 0 spiro atoms. The van der Waals surface area contributed by atoms with Gasteiger partial charge in [0.1, 0.15) is 17.8 Å². The zero-order valence-corrected chi connectivity index (χ0v) is 16.0. The molecule has 28 heavy (non-hydrogen) atoms. The van der Waals surface area contributed by atoms with E-state index in [0.717, 1.165) is 40.5 Å². The molecule has 1 aromatic carbocycles. The van der Waals surface area contributed by atoms with Gasteiger partial charge < -0.3 is 14.6 Å². The number of aromatic amines is 1. The third kappa shape index (κ3) is 2.66. The number of anilines is 1. The van der Waals surface area contributed by atoms with E-state index >= 15 is 0 Å². The summed E-state index contributed by atoms with van der Waals surface area (Å²) in [5, 5.41) is 5.86. The van der Waals surface area contributed by atoms with Gasteiger partial charge in [0.05, 0.1) is 36.0 Å². The maximum atomic E-state index is 5.88. The summed E-state index contributed by atoms with van der Waals surface area (Å²) in [7, 11) is 0. The summed E-state index contributed by atoms with van der Waals surface area (Å²) < 4.78 is 7.89. The quantitative estimate of drug-likeness (QED) is 0.595. The number of morpholine rings is 1. The Labute approximate surface area is 163 Å². The van der Waals surface area contributed by atoms with Gasteiger partial charge in [-0.3, -0.25) is 0 Å². The average Bonchev–Trinajstić information content (AvgIpc) is 3.33. The van der Waals surface area contributed by atoms with Crippen LogP contribution in [0.2, 0.25) is 0 Å². The van der Waals surface area contributed by atoms with E-state index in [1.165, 1.54) is 5.56 Å². The van der Waals surface area contributed by atoms with E-state index in [1.54, 1.807) is 6.33 Å². The van der Waals surface area contributed by atoms with Gasteiger partial charge in [-0.1, -0.05) is 18.2 Å². The molecule has 0 unspecified atom stereocenters. The normalized spacial score (nSPS) is 17.4. The highest BCUT2D eigenvalue weighted by molar-refractivity contribution is 5.87. The highest BCUT2D eigenvalue weighted by atomic mass is 16.5. The second-order valence-corrected chi connectivity index (χ2v) is 7.05. The number of hydrogen-bond donors (Lipinski definition) is 1. The predicted molar refractivity (Wildman–Crippen MR) is 108 cm³/mol. The van der Waals surface area contributed by atoms with Crippen LogP contribution in [0.5, 0.6) is 0 Å². The van der Waals surface area contributed by atoms with Crippen molar-refractivity contribution in [3.05, 3.63) is 65.9 Å². The van der Waals surface area contributed by atoms with E-state index in [-0.39, 0.29) is 6.04 Å². The van der Waals surface area contributed by atoms with Crippen LogP contribution in [-0.4, -0.2) is 44.5 Å². The van der Waals surface area contributed by atoms with Crippen molar-refractivity contribution in [3.8, 4) is 5.69 Å². The van der Waals surface area contributed by atoms with Gasteiger partial charge in [-0.2, -0.15) is 5.10 Å². The summed E-state index contributed by atoms with van der Waals surface area (Å²) in [6.45, 7) is 6.26. The van der Waals surface area contributed by atoms with Gasteiger partial charge in [0, 0.05) is 24.0 Å². The number of rotatable bonds is 3. The number of nitrogens with zero attached hydrogens (tertiary/aromatic N) is 5. The van der Waals surface area contributed by atoms with Crippen molar-refractivity contribution in [2.75, 3.05) is 24.7 Å². The molecule has 4 aromatic rings. The second-order valence-electron chi connectivity index (χ2n) is 7.05. The van der Waals surface area contributed by atoms with Crippen molar-refractivity contribution >= 4 is 16.9 Å². The SMILES string of the molecule is Cc1nn(-c2ccccc2)c(C)c1[C@H]1COCCN1c1ncnc2[nH]ccc12. The zero-order chi connectivity index (χ0) is 19.1. The Kier molecular flexibility index (Phi) is 4.09. The molecule has 7 heteroatoms. The smallest absolute Gasteiger partial charge is 0.142 e. The minimum absolute atomic E-state index is 0.0548. The van der Waals surface area contributed by atoms with Crippen LogP contribution < -0.4 is 4.90 Å². The molecule has 0 radical (unpaired) electrons. The van der Waals surface area contributed by atoms with Crippen molar-refractivity contribution in [1.29, 1.82) is 0 Å². The van der Waals surface area contributed by atoms with Gasteiger partial charge in [-0.25, -0.2) is 14.6 Å². The molecule has 1 N–H and O–H groups in total. The fourth-order valence-electron chi connectivity index (χ4n) is 4.14. The van der Waals surface area contributed by atoms with Gasteiger partial charge in [-0.15, -0.1) is 0 Å². The average molecular weight is 374 g/mol. The molecule has 3 aromatic heterocycles. The minimum atomic E-state index is 0.0548. The summed E-state index contributed by atoms with van der Waals surface area (Å²) in [6, 6.07) is 12.3. The van der Waals surface area contributed by atoms with Crippen LogP contribution in [0.25, 0.3) is 16.7 Å². The van der Waals surface area contributed by atoms with Crippen LogP contribution in [0.3, 0.4) is 0 Å². The standard InChI is InChI=1S/C21H22N6O/c1-14-19(15(2)27(25-14)16-6-4-3-5-7-16)18-12-28-11-10-26(18)21-17-8-9-22-20(17)23-13-24-21/h3-9,13,18H,10-12H2,1-2H3,(H,22,23,24)/t18-/m1/s1. The van der Waals surface area contributed by atoms with Crippen molar-refractivity contribution in [1.82, 2.24) is 24.7 Å². The topological polar surface area (TPSA) is 71.9 Å². The molecule has 1 fully saturated rings. The van der Waals surface area contributed by atoms with E-state index in [0.29, 0.717) is 13.2 Å². The number of aryl methyl sites for hydroxylation is 1. The number of aromatic nitrogens is 5. The second kappa shape index (κ2) is 6.76. The lowest BCUT2D eigenvalue weighted by molar-refractivity contribution is 0.0935. The van der Waals surface area contributed by atoms with Gasteiger partial charge in [0.25, 0.3) is 0 Å². The van der Waals surface area contributed by atoms with E-state index in [9.17, 15) is 0 Å². The maximum absolute atomic E-state index is 5.88. The molecule has 1 aliphatic rings. The first kappa shape index (κ1) is 16.9. The number of fused-ring (bicyclic) bond motifs is 1. The fraction of sp³-hybridized carbons (Fsp3) is 0.286. The minimum Gasteiger partial charge on any atom is -0.377 e. The Morgan fingerprint density at radius 1 is 1.11 bits per heavy atom. The first-order valence-corrected chi connectivity index (χ1v) is 9.48. The van der Waals surface area contributed by atoms with Gasteiger partial charge >= 0.3 is 0 Å². The third-order valence-corrected chi connectivity index (χ3v) is 5.41. The fourth-order valence-corrected chi connectivity index (χ4v) is 4.14. The Balaban J connectivity index is 1.62. The van der Waals surface area contributed by atoms with Crippen LogP contribution in [0, 0.1) is 13.8 Å². The van der Waals surface area contributed by atoms with Crippen LogP contribution >= 0.6 is 0 Å². The van der Waals surface area contributed by atoms with Crippen molar-refractivity contribution in [2.24, 2.45) is 0 Å². The highest BCUT2D eigenvalue weighted by Crippen LogP contribution is 2.35. The largest absolute Gasteiger partial charge is 0.377 e. The first-order chi connectivity index (χ1) is 13.7. The van der Waals surface area contributed by atoms with Crippen molar-refractivity contribution < 1.29 is 4.74 Å². The third-order valence-electron chi connectivity index (χ3n) is 5.41. The summed E-state index contributed by atoms with van der Waals surface area (Å²) in [4.78, 5) is 14.5. The van der Waals surface area contributed by atoms with Gasteiger partial charge in [0.15, 0.2) is 0 Å². The maximum Gasteiger partial charge on any atom is 0.142 e. The lowest BCUT2D eigenvalue weighted by atomic mass is 10.0. The van der Waals surface area contributed by atoms with E-state index < -0.39 is 0 Å². The molecule has 7 nitrogen and oxygen atoms in total. The molecular weight excluding hydrogens is 352 g/mol. The molecule has 1 saturated heterocycles. The Hall–Kier alpha value is -3.19. The van der Waals surface area contributed by atoms with E-state index in [2.05, 4.69) is 45.8 Å². The Morgan fingerprint density at radius 3 is 2.82 bits per heavy atom. The number of benzene rings is 1. The number of H-pyrrole nitrogens is 1. The van der Waals surface area contributed by atoms with Gasteiger partial charge in [-0.05, 0) is 32.0 Å². The number of ether oxygens (including phenoxy) is 1. The molecule has 4 heterocycles. The molecule has 0 saturated carbocycles. The molecule has 142 valence electrons. The lowest BCUT2D eigenvalue weighted by Gasteiger charge is -2.37. The Bertz CT molecular complexity index is 1120. The molecular formula is C21H22N6O. The van der Waals surface area contributed by atoms with Crippen molar-refractivity contribution in [3.63, 3.8) is 0 Å². The van der Waals surface area contributed by atoms with Crippen LogP contribution in [0.15, 0.2) is 48.9 Å². The van der Waals surface area contributed by atoms with Crippen LogP contribution in [0.4, 0.5) is 5.82 Å². The molecule has 1 aliphatic heterocycles. The van der Waals surface area contributed by atoms with Gasteiger partial charge in [0.2, 0.25) is 0 Å². The summed E-state index contributed by atoms with van der Waals surface area (Å²) in [5.41, 5.74) is 5.26. The van der Waals surface area contributed by atoms with E-state index in [4.69, 9.17) is 9.84 Å². The summed E-state index contributed by atoms with van der Waals surface area (Å²) in [5.74, 6) is 0.936. The molecule has 0 bridgehead atoms. The van der Waals surface area contributed by atoms with Crippen molar-refractivity contribution in [2.45, 2.75) is 19.9 Å². The number of nitrogens with one attached hydrogen (secondary N) is 1. The molecule has 1 atom stereocenters. The molecule has 0 amide bonds. The lowest BCUT2D eigenvalue weighted by Crippen LogP contribution is -2.40. The predicted octanol–water partition coefficient (Wildman–Crippen LogP) is 3.34. The van der Waals surface area contributed by atoms with Crippen LogP contribution in [0.1, 0.15) is 23.0 Å². The number of hydrogen-bond acceptors (Lipinski definition) is 5. The monoisotopic (exact) mass is 374 g/mol. The highest BCUT2D eigenvalue weighted by Gasteiger charge is 2.32. The summed E-state index contributed by atoms with van der Waals surface area (Å²) in [6.07, 6.45) is 3.52. The first-order valence-electron chi connectivity index (χ1n) is 9.48. The molecule has 5 rings (SSSR count). The Morgan fingerprint density at radius 2 is 1.96 bits per heavy atom. The zero-order valence-electron chi connectivity index (χ0n) is 16.0. The molecule has 0 aliphatic carbocycles. The van der Waals surface area contributed by atoms with Crippen LogP contribution in [-0.2, 0) is 4.74 Å².